The van der Waals surface area contributed by atoms with E-state index in [0.717, 1.165) is 11.6 Å². The van der Waals surface area contributed by atoms with Gasteiger partial charge in [-0.05, 0) is 31.2 Å². The highest BCUT2D eigenvalue weighted by Gasteiger charge is 2.23. The molecular weight excluding hydrogens is 474 g/mol. The molecule has 1 aliphatic rings. The molecule has 0 fully saturated rings. The van der Waals surface area contributed by atoms with E-state index < -0.39 is 10.8 Å². The highest BCUT2D eigenvalue weighted by atomic mass is 35.5. The highest BCUT2D eigenvalue weighted by molar-refractivity contribution is 6.34. The van der Waals surface area contributed by atoms with Crippen LogP contribution in [-0.4, -0.2) is 41.4 Å². The van der Waals surface area contributed by atoms with Gasteiger partial charge in [-0.1, -0.05) is 35.9 Å². The average molecular weight is 496 g/mol. The van der Waals surface area contributed by atoms with Crippen molar-refractivity contribution in [2.24, 2.45) is 0 Å². The van der Waals surface area contributed by atoms with Crippen molar-refractivity contribution in [3.8, 4) is 11.5 Å². The van der Waals surface area contributed by atoms with Gasteiger partial charge in [-0.15, -0.1) is 0 Å². The fourth-order valence-electron chi connectivity index (χ4n) is 3.73. The first-order chi connectivity index (χ1) is 16.9. The Kier molecular flexibility index (Phi) is 7.17. The summed E-state index contributed by atoms with van der Waals surface area (Å²) in [6, 6.07) is 15.8. The lowest BCUT2D eigenvalue weighted by Crippen LogP contribution is -2.31. The molecule has 0 aliphatic carbocycles. The Morgan fingerprint density at radius 2 is 1.83 bits per heavy atom. The summed E-state index contributed by atoms with van der Waals surface area (Å²) in [6.07, 6.45) is 0. The van der Waals surface area contributed by atoms with E-state index in [1.807, 2.05) is 25.1 Å². The molecule has 0 aromatic heterocycles. The summed E-state index contributed by atoms with van der Waals surface area (Å²) in [5.74, 6) is 0.396. The number of nitro groups is 1. The minimum absolute atomic E-state index is 0.0555. The second-order valence-electron chi connectivity index (χ2n) is 7.68. The standard InChI is InChI=1S/C25H22ClN3O6/c1-2-28(15-16-6-5-9-22-23(16)35-13-12-34-22)25(31)19-7-3-4-8-21(19)27-24(30)18-11-10-17(29(32)33)14-20(18)26/h3-11,14H,2,12-13,15H2,1H3,(H,27,30). The van der Waals surface area contributed by atoms with E-state index >= 15 is 0 Å². The zero-order valence-electron chi connectivity index (χ0n) is 18.8. The summed E-state index contributed by atoms with van der Waals surface area (Å²) in [5.41, 5.74) is 1.24. The van der Waals surface area contributed by atoms with Crippen molar-refractivity contribution < 1.29 is 24.0 Å². The number of fused-ring (bicyclic) bond motifs is 1. The van der Waals surface area contributed by atoms with Crippen LogP contribution in [0.25, 0.3) is 0 Å². The first-order valence-electron chi connectivity index (χ1n) is 10.9. The van der Waals surface area contributed by atoms with Crippen LogP contribution in [0.1, 0.15) is 33.2 Å². The van der Waals surface area contributed by atoms with Crippen molar-refractivity contribution in [2.45, 2.75) is 13.5 Å². The highest BCUT2D eigenvalue weighted by Crippen LogP contribution is 2.34. The number of carbonyl (C=O) groups excluding carboxylic acids is 2. The molecule has 1 aliphatic heterocycles. The van der Waals surface area contributed by atoms with Crippen LogP contribution in [0.2, 0.25) is 5.02 Å². The summed E-state index contributed by atoms with van der Waals surface area (Å²) in [6.45, 7) is 3.48. The number of non-ortho nitro benzene ring substituents is 1. The van der Waals surface area contributed by atoms with E-state index in [1.165, 1.54) is 12.1 Å². The third-order valence-corrected chi connectivity index (χ3v) is 5.80. The number of ether oxygens (including phenoxy) is 2. The van der Waals surface area contributed by atoms with Crippen LogP contribution in [0.3, 0.4) is 0 Å². The van der Waals surface area contributed by atoms with Gasteiger partial charge >= 0.3 is 0 Å². The van der Waals surface area contributed by atoms with E-state index in [1.54, 1.807) is 29.2 Å². The van der Waals surface area contributed by atoms with Gasteiger partial charge < -0.3 is 19.7 Å². The summed E-state index contributed by atoms with van der Waals surface area (Å²) >= 11 is 6.10. The van der Waals surface area contributed by atoms with E-state index in [9.17, 15) is 19.7 Å². The zero-order valence-corrected chi connectivity index (χ0v) is 19.6. The van der Waals surface area contributed by atoms with Crippen molar-refractivity contribution in [3.05, 3.63) is 92.5 Å². The number of benzene rings is 3. The molecule has 0 atom stereocenters. The van der Waals surface area contributed by atoms with Crippen molar-refractivity contribution in [1.82, 2.24) is 4.90 Å². The van der Waals surface area contributed by atoms with E-state index in [0.29, 0.717) is 49.1 Å². The lowest BCUT2D eigenvalue weighted by atomic mass is 10.1. The van der Waals surface area contributed by atoms with E-state index in [2.05, 4.69) is 5.32 Å². The molecule has 0 radical (unpaired) electrons. The Morgan fingerprint density at radius 3 is 2.57 bits per heavy atom. The van der Waals surface area contributed by atoms with Crippen LogP contribution >= 0.6 is 11.6 Å². The Hall–Kier alpha value is -4.11. The summed E-state index contributed by atoms with van der Waals surface area (Å²) in [7, 11) is 0. The lowest BCUT2D eigenvalue weighted by molar-refractivity contribution is -0.384. The van der Waals surface area contributed by atoms with Crippen LogP contribution in [0.15, 0.2) is 60.7 Å². The van der Waals surface area contributed by atoms with Gasteiger partial charge in [0, 0.05) is 30.8 Å². The zero-order chi connectivity index (χ0) is 24.9. The summed E-state index contributed by atoms with van der Waals surface area (Å²) in [5, 5.41) is 13.6. The number of nitrogens with zero attached hydrogens (tertiary/aromatic N) is 2. The predicted molar refractivity (Wildman–Crippen MR) is 130 cm³/mol. The maximum atomic E-state index is 13.5. The van der Waals surface area contributed by atoms with E-state index in [-0.39, 0.29) is 22.2 Å². The molecule has 1 N–H and O–H groups in total. The number of hydrogen-bond donors (Lipinski definition) is 1. The van der Waals surface area contributed by atoms with Gasteiger partial charge in [-0.25, -0.2) is 0 Å². The van der Waals surface area contributed by atoms with E-state index in [4.69, 9.17) is 21.1 Å². The Labute approximate surface area is 206 Å². The molecule has 0 saturated carbocycles. The number of hydrogen-bond acceptors (Lipinski definition) is 6. The topological polar surface area (TPSA) is 111 Å². The first kappa shape index (κ1) is 24.0. The fourth-order valence-corrected chi connectivity index (χ4v) is 3.99. The van der Waals surface area contributed by atoms with Crippen molar-refractivity contribution in [3.63, 3.8) is 0 Å². The first-order valence-corrected chi connectivity index (χ1v) is 11.3. The molecule has 3 aromatic rings. The fraction of sp³-hybridized carbons (Fsp3) is 0.200. The van der Waals surface area contributed by atoms with Crippen LogP contribution in [0.5, 0.6) is 11.5 Å². The van der Waals surface area contributed by atoms with Gasteiger partial charge in [0.1, 0.15) is 13.2 Å². The number of nitro benzene ring substituents is 1. The molecule has 2 amide bonds. The molecule has 4 rings (SSSR count). The number of amides is 2. The smallest absolute Gasteiger partial charge is 0.270 e. The molecule has 0 bridgehead atoms. The predicted octanol–water partition coefficient (Wildman–Crippen LogP) is 4.93. The SMILES string of the molecule is CCN(Cc1cccc2c1OCCO2)C(=O)c1ccccc1NC(=O)c1ccc([N+](=O)[O-])cc1Cl. The largest absolute Gasteiger partial charge is 0.486 e. The summed E-state index contributed by atoms with van der Waals surface area (Å²) < 4.78 is 11.4. The summed E-state index contributed by atoms with van der Waals surface area (Å²) in [4.78, 5) is 38.3. The molecule has 180 valence electrons. The second kappa shape index (κ2) is 10.4. The molecule has 1 heterocycles. The minimum atomic E-state index is -0.595. The van der Waals surface area contributed by atoms with Crippen LogP contribution < -0.4 is 14.8 Å². The third-order valence-electron chi connectivity index (χ3n) is 5.49. The van der Waals surface area contributed by atoms with Gasteiger partial charge in [0.25, 0.3) is 17.5 Å². The van der Waals surface area contributed by atoms with Gasteiger partial charge in [0.15, 0.2) is 11.5 Å². The lowest BCUT2D eigenvalue weighted by Gasteiger charge is -2.26. The molecule has 10 heteroatoms. The van der Waals surface area contributed by atoms with Crippen molar-refractivity contribution >= 4 is 34.8 Å². The van der Waals surface area contributed by atoms with Gasteiger partial charge in [0.05, 0.1) is 26.8 Å². The molecular formula is C25H22ClN3O6. The monoisotopic (exact) mass is 495 g/mol. The molecule has 3 aromatic carbocycles. The number of anilines is 1. The van der Waals surface area contributed by atoms with Crippen LogP contribution in [-0.2, 0) is 6.54 Å². The van der Waals surface area contributed by atoms with Crippen LogP contribution in [0, 0.1) is 10.1 Å². The van der Waals surface area contributed by atoms with Crippen LogP contribution in [0.4, 0.5) is 11.4 Å². The number of halogens is 1. The van der Waals surface area contributed by atoms with Crippen molar-refractivity contribution in [2.75, 3.05) is 25.1 Å². The Bertz CT molecular complexity index is 1300. The maximum absolute atomic E-state index is 13.5. The maximum Gasteiger partial charge on any atom is 0.270 e. The van der Waals surface area contributed by atoms with Gasteiger partial charge in [0.2, 0.25) is 0 Å². The number of nitrogens with one attached hydrogen (secondary N) is 1. The van der Waals surface area contributed by atoms with Crippen molar-refractivity contribution in [1.29, 1.82) is 0 Å². The molecule has 35 heavy (non-hydrogen) atoms. The molecule has 0 saturated heterocycles. The number of para-hydroxylation sites is 2. The normalized spacial score (nSPS) is 12.1. The average Bonchev–Trinajstić information content (AvgIpc) is 2.87. The quantitative estimate of drug-likeness (QED) is 0.367. The number of rotatable bonds is 7. The molecule has 0 unspecified atom stereocenters. The minimum Gasteiger partial charge on any atom is -0.486 e. The second-order valence-corrected chi connectivity index (χ2v) is 8.09. The third kappa shape index (κ3) is 5.20. The Morgan fingerprint density at radius 1 is 1.06 bits per heavy atom. The number of carbonyl (C=O) groups is 2. The Balaban J connectivity index is 1.57. The molecule has 0 spiro atoms. The molecule has 9 nitrogen and oxygen atoms in total. The van der Waals surface area contributed by atoms with Gasteiger partial charge in [-0.2, -0.15) is 0 Å². The van der Waals surface area contributed by atoms with Gasteiger partial charge in [-0.3, -0.25) is 19.7 Å².